The Labute approximate surface area is 390 Å². The van der Waals surface area contributed by atoms with Crippen LogP contribution in [0, 0.1) is 0 Å². The Morgan fingerprint density at radius 1 is 0.269 bits per heavy atom. The monoisotopic (exact) mass is 851 g/mol. The van der Waals surface area contributed by atoms with Gasteiger partial charge in [0, 0.05) is 29.1 Å². The van der Waals surface area contributed by atoms with Gasteiger partial charge in [-0.05, 0) is 119 Å². The molecule has 0 unspecified atom stereocenters. The lowest BCUT2D eigenvalue weighted by Gasteiger charge is -2.30. The number of pyridine rings is 1. The van der Waals surface area contributed by atoms with Crippen molar-refractivity contribution in [3.05, 3.63) is 271 Å². The molecule has 0 N–H and O–H groups in total. The first kappa shape index (κ1) is 38.6. The van der Waals surface area contributed by atoms with Crippen LogP contribution in [0.3, 0.4) is 0 Å². The van der Waals surface area contributed by atoms with Gasteiger partial charge in [0.15, 0.2) is 5.82 Å². The highest BCUT2D eigenvalue weighted by atomic mass is 14.9. The molecule has 0 atom stereocenters. The maximum absolute atomic E-state index is 5.17. The van der Waals surface area contributed by atoms with Gasteiger partial charge in [0.1, 0.15) is 0 Å². The Balaban J connectivity index is 0.872. The number of hydrogen-bond donors (Lipinski definition) is 0. The lowest BCUT2D eigenvalue weighted by Crippen LogP contribution is -2.25. The summed E-state index contributed by atoms with van der Waals surface area (Å²) in [6.45, 7) is 0. The van der Waals surface area contributed by atoms with Crippen LogP contribution in [-0.4, -0.2) is 15.0 Å². The topological polar surface area (TPSA) is 38.7 Å². The number of aromatic nitrogens is 3. The van der Waals surface area contributed by atoms with E-state index in [1.807, 2.05) is 30.5 Å². The molecular weight excluding hydrogens is 811 g/mol. The zero-order valence-electron chi connectivity index (χ0n) is 36.5. The lowest BCUT2D eigenvalue weighted by molar-refractivity contribution is 0.794. The van der Waals surface area contributed by atoms with E-state index in [1.54, 1.807) is 6.20 Å². The molecule has 13 rings (SSSR count). The van der Waals surface area contributed by atoms with Crippen LogP contribution in [0.25, 0.3) is 101 Å². The third-order valence-corrected chi connectivity index (χ3v) is 13.8. The van der Waals surface area contributed by atoms with Crippen molar-refractivity contribution in [2.24, 2.45) is 0 Å². The molecule has 0 radical (unpaired) electrons. The van der Waals surface area contributed by atoms with E-state index < -0.39 is 0 Å². The van der Waals surface area contributed by atoms with Crippen molar-refractivity contribution < 1.29 is 0 Å². The standard InChI is InChI=1S/C64H41N3/c1-2-15-44(16-3-1)63-66-60(43-34-32-42(33-35-43)51-23-14-36-65-41-51)40-61(67-63)50-22-12-20-48(39-50)46-18-10-17-45(37-46)47-19-11-21-49(38-47)52-27-13-31-59-62(52)55-26-6-9-30-58(55)64(59)56-28-7-4-24-53(56)54-25-5-8-29-57(54)64/h1-41H. The molecule has 2 aromatic heterocycles. The van der Waals surface area contributed by atoms with Crippen LogP contribution < -0.4 is 0 Å². The summed E-state index contributed by atoms with van der Waals surface area (Å²) < 4.78 is 0. The van der Waals surface area contributed by atoms with E-state index in [0.29, 0.717) is 5.82 Å². The Hall–Kier alpha value is -8.79. The molecule has 0 amide bonds. The Kier molecular flexibility index (Phi) is 9.07. The molecule has 2 heterocycles. The minimum absolute atomic E-state index is 0.377. The number of nitrogens with zero attached hydrogens (tertiary/aromatic N) is 3. The van der Waals surface area contributed by atoms with E-state index in [0.717, 1.165) is 50.3 Å². The normalized spacial score (nSPS) is 12.6. The van der Waals surface area contributed by atoms with Crippen molar-refractivity contribution in [2.45, 2.75) is 5.41 Å². The zero-order chi connectivity index (χ0) is 44.3. The first-order valence-corrected chi connectivity index (χ1v) is 22.9. The van der Waals surface area contributed by atoms with Gasteiger partial charge in [0.25, 0.3) is 0 Å². The highest BCUT2D eigenvalue weighted by molar-refractivity contribution is 6.00. The number of hydrogen-bond acceptors (Lipinski definition) is 3. The van der Waals surface area contributed by atoms with Crippen molar-refractivity contribution >= 4 is 0 Å². The fourth-order valence-electron chi connectivity index (χ4n) is 10.8. The Bertz CT molecular complexity index is 3640. The number of rotatable bonds is 7. The summed E-state index contributed by atoms with van der Waals surface area (Å²) in [5.41, 5.74) is 24.3. The summed E-state index contributed by atoms with van der Waals surface area (Å²) in [6, 6.07) is 85.6. The molecule has 0 bridgehead atoms. The second-order valence-electron chi connectivity index (χ2n) is 17.5. The van der Waals surface area contributed by atoms with Crippen LogP contribution in [0.1, 0.15) is 22.3 Å². The fraction of sp³-hybridized carbons (Fsp3) is 0.0156. The maximum atomic E-state index is 5.17. The lowest BCUT2D eigenvalue weighted by atomic mass is 9.70. The minimum atomic E-state index is -0.377. The smallest absolute Gasteiger partial charge is 0.160 e. The molecule has 11 aromatic rings. The zero-order valence-corrected chi connectivity index (χ0v) is 36.5. The van der Waals surface area contributed by atoms with Crippen molar-refractivity contribution in [1.29, 1.82) is 0 Å². The quantitative estimate of drug-likeness (QED) is 0.160. The maximum Gasteiger partial charge on any atom is 0.160 e. The van der Waals surface area contributed by atoms with E-state index in [9.17, 15) is 0 Å². The summed E-state index contributed by atoms with van der Waals surface area (Å²) >= 11 is 0. The average molecular weight is 852 g/mol. The summed E-state index contributed by atoms with van der Waals surface area (Å²) in [4.78, 5) is 14.6. The summed E-state index contributed by atoms with van der Waals surface area (Å²) in [5, 5.41) is 0. The third-order valence-electron chi connectivity index (χ3n) is 13.8. The minimum Gasteiger partial charge on any atom is -0.264 e. The Morgan fingerprint density at radius 2 is 0.716 bits per heavy atom. The van der Waals surface area contributed by atoms with Crippen molar-refractivity contribution in [1.82, 2.24) is 15.0 Å². The number of benzene rings is 9. The van der Waals surface area contributed by atoms with Gasteiger partial charge in [0.2, 0.25) is 0 Å². The van der Waals surface area contributed by atoms with E-state index >= 15 is 0 Å². The molecule has 1 spiro atoms. The van der Waals surface area contributed by atoms with Gasteiger partial charge in [-0.25, -0.2) is 9.97 Å². The van der Waals surface area contributed by atoms with Gasteiger partial charge in [-0.15, -0.1) is 0 Å². The van der Waals surface area contributed by atoms with E-state index in [-0.39, 0.29) is 5.41 Å². The largest absolute Gasteiger partial charge is 0.264 e. The molecule has 2 aliphatic carbocycles. The van der Waals surface area contributed by atoms with Gasteiger partial charge < -0.3 is 0 Å². The van der Waals surface area contributed by atoms with Crippen LogP contribution in [0.4, 0.5) is 0 Å². The summed E-state index contributed by atoms with van der Waals surface area (Å²) in [5.74, 6) is 0.692. The predicted octanol–water partition coefficient (Wildman–Crippen LogP) is 15.9. The van der Waals surface area contributed by atoms with Gasteiger partial charge in [0.05, 0.1) is 16.8 Å². The first-order chi connectivity index (χ1) is 33.2. The molecule has 3 heteroatoms. The molecule has 312 valence electrons. The first-order valence-electron chi connectivity index (χ1n) is 22.9. The Morgan fingerprint density at radius 3 is 1.36 bits per heavy atom. The van der Waals surface area contributed by atoms with Gasteiger partial charge in [-0.2, -0.15) is 0 Å². The average Bonchev–Trinajstić information content (AvgIpc) is 3.89. The van der Waals surface area contributed by atoms with E-state index in [2.05, 4.69) is 217 Å². The second kappa shape index (κ2) is 15.7. The molecule has 0 fully saturated rings. The van der Waals surface area contributed by atoms with Crippen molar-refractivity contribution in [3.8, 4) is 101 Å². The fourth-order valence-corrected chi connectivity index (χ4v) is 10.8. The molecular formula is C64H41N3. The van der Waals surface area contributed by atoms with Crippen LogP contribution in [0.5, 0.6) is 0 Å². The van der Waals surface area contributed by atoms with E-state index in [4.69, 9.17) is 9.97 Å². The predicted molar refractivity (Wildman–Crippen MR) is 274 cm³/mol. The van der Waals surface area contributed by atoms with E-state index in [1.165, 1.54) is 66.8 Å². The molecule has 2 aliphatic rings. The molecule has 0 saturated carbocycles. The molecule has 3 nitrogen and oxygen atoms in total. The highest BCUT2D eigenvalue weighted by Crippen LogP contribution is 2.64. The third kappa shape index (κ3) is 6.31. The second-order valence-corrected chi connectivity index (χ2v) is 17.5. The van der Waals surface area contributed by atoms with Crippen LogP contribution in [0.15, 0.2) is 249 Å². The van der Waals surface area contributed by atoms with Gasteiger partial charge in [-0.1, -0.05) is 206 Å². The molecule has 9 aromatic carbocycles. The molecule has 0 aliphatic heterocycles. The number of fused-ring (bicyclic) bond motifs is 10. The molecule has 67 heavy (non-hydrogen) atoms. The van der Waals surface area contributed by atoms with Crippen LogP contribution in [0.2, 0.25) is 0 Å². The van der Waals surface area contributed by atoms with Crippen LogP contribution >= 0.6 is 0 Å². The van der Waals surface area contributed by atoms with Crippen molar-refractivity contribution in [2.75, 3.05) is 0 Å². The summed E-state index contributed by atoms with van der Waals surface area (Å²) in [7, 11) is 0. The highest BCUT2D eigenvalue weighted by Gasteiger charge is 2.51. The van der Waals surface area contributed by atoms with Gasteiger partial charge >= 0.3 is 0 Å². The SMILES string of the molecule is c1ccc(-c2nc(-c3ccc(-c4cccnc4)cc3)cc(-c3cccc(-c4cccc(-c5cccc(-c6cccc7c6-c6ccccc6C76c7ccccc7-c7ccccc76)c5)c4)c3)n2)cc1. The molecule has 0 saturated heterocycles. The van der Waals surface area contributed by atoms with Crippen molar-refractivity contribution in [3.63, 3.8) is 0 Å². The van der Waals surface area contributed by atoms with Gasteiger partial charge in [-0.3, -0.25) is 4.98 Å². The van der Waals surface area contributed by atoms with Crippen LogP contribution in [-0.2, 0) is 5.41 Å². The summed E-state index contributed by atoms with van der Waals surface area (Å²) in [6.07, 6.45) is 3.69.